The summed E-state index contributed by atoms with van der Waals surface area (Å²) in [5.41, 5.74) is 0.400. The summed E-state index contributed by atoms with van der Waals surface area (Å²) in [6, 6.07) is 3.51. The van der Waals surface area contributed by atoms with Crippen molar-refractivity contribution in [3.8, 4) is 5.75 Å². The monoisotopic (exact) mass is 416 g/mol. The average Bonchev–Trinajstić information content (AvgIpc) is 2.08. The normalized spacial score (nSPS) is 9.64. The molecule has 5 heteroatoms. The SMILES string of the molecule is CC(=O)Oc1c(I)cc(I)cc1C=O. The zero-order valence-electron chi connectivity index (χ0n) is 7.21. The summed E-state index contributed by atoms with van der Waals surface area (Å²) in [6.45, 7) is 1.31. The van der Waals surface area contributed by atoms with Crippen LogP contribution in [0.4, 0.5) is 0 Å². The number of hydrogen-bond donors (Lipinski definition) is 0. The van der Waals surface area contributed by atoms with Crippen molar-refractivity contribution in [3.63, 3.8) is 0 Å². The van der Waals surface area contributed by atoms with Crippen LogP contribution in [0.15, 0.2) is 12.1 Å². The summed E-state index contributed by atoms with van der Waals surface area (Å²) < 4.78 is 6.63. The molecule has 0 amide bonds. The van der Waals surface area contributed by atoms with Crippen LogP contribution in [0.1, 0.15) is 17.3 Å². The molecule has 0 aliphatic rings. The average molecular weight is 416 g/mol. The lowest BCUT2D eigenvalue weighted by Crippen LogP contribution is -2.05. The van der Waals surface area contributed by atoms with Crippen LogP contribution in [0.5, 0.6) is 5.75 Å². The highest BCUT2D eigenvalue weighted by Gasteiger charge is 2.11. The van der Waals surface area contributed by atoms with Crippen molar-refractivity contribution in [3.05, 3.63) is 24.8 Å². The second-order valence-electron chi connectivity index (χ2n) is 2.52. The van der Waals surface area contributed by atoms with E-state index in [1.54, 1.807) is 6.07 Å². The molecule has 0 radical (unpaired) electrons. The predicted molar refractivity (Wildman–Crippen MR) is 68.6 cm³/mol. The maximum absolute atomic E-state index is 10.8. The summed E-state index contributed by atoms with van der Waals surface area (Å²) in [4.78, 5) is 21.5. The van der Waals surface area contributed by atoms with Gasteiger partial charge < -0.3 is 4.74 Å². The molecule has 0 saturated heterocycles. The molecule has 0 saturated carbocycles. The van der Waals surface area contributed by atoms with E-state index in [4.69, 9.17) is 4.74 Å². The minimum atomic E-state index is -0.424. The van der Waals surface area contributed by atoms with Gasteiger partial charge in [-0.15, -0.1) is 0 Å². The first-order chi connectivity index (χ1) is 6.54. The van der Waals surface area contributed by atoms with Crippen LogP contribution in [-0.4, -0.2) is 12.3 Å². The largest absolute Gasteiger partial charge is 0.425 e. The van der Waals surface area contributed by atoms with Crippen LogP contribution in [0.2, 0.25) is 0 Å². The van der Waals surface area contributed by atoms with Crippen LogP contribution in [0.25, 0.3) is 0 Å². The summed E-state index contributed by atoms with van der Waals surface area (Å²) in [6.07, 6.45) is 0.683. The Bertz CT molecular complexity index is 388. The van der Waals surface area contributed by atoms with E-state index >= 15 is 0 Å². The number of rotatable bonds is 2. The van der Waals surface area contributed by atoms with Crippen molar-refractivity contribution in [2.75, 3.05) is 0 Å². The van der Waals surface area contributed by atoms with Gasteiger partial charge in [-0.3, -0.25) is 9.59 Å². The van der Waals surface area contributed by atoms with E-state index < -0.39 is 5.97 Å². The third kappa shape index (κ3) is 2.91. The van der Waals surface area contributed by atoms with Gasteiger partial charge in [-0.2, -0.15) is 0 Å². The van der Waals surface area contributed by atoms with Crippen LogP contribution in [0, 0.1) is 7.14 Å². The summed E-state index contributed by atoms with van der Waals surface area (Å²) in [5, 5.41) is 0. The zero-order valence-corrected chi connectivity index (χ0v) is 11.5. The Morgan fingerprint density at radius 2 is 2.07 bits per heavy atom. The van der Waals surface area contributed by atoms with Crippen LogP contribution in [-0.2, 0) is 4.79 Å². The molecule has 1 aromatic rings. The maximum Gasteiger partial charge on any atom is 0.308 e. The molecule has 14 heavy (non-hydrogen) atoms. The number of ether oxygens (including phenoxy) is 1. The summed E-state index contributed by atoms with van der Waals surface area (Å²) in [7, 11) is 0. The molecule has 0 atom stereocenters. The number of hydrogen-bond acceptors (Lipinski definition) is 3. The van der Waals surface area contributed by atoms with Crippen molar-refractivity contribution >= 4 is 57.4 Å². The minimum absolute atomic E-state index is 0.341. The van der Waals surface area contributed by atoms with Gasteiger partial charge in [-0.25, -0.2) is 0 Å². The first kappa shape index (κ1) is 11.9. The Hall–Kier alpha value is -0.180. The van der Waals surface area contributed by atoms with E-state index in [1.165, 1.54) is 6.92 Å². The minimum Gasteiger partial charge on any atom is -0.425 e. The smallest absolute Gasteiger partial charge is 0.308 e. The van der Waals surface area contributed by atoms with Gasteiger partial charge in [0.2, 0.25) is 0 Å². The molecule has 0 bridgehead atoms. The van der Waals surface area contributed by atoms with Gasteiger partial charge >= 0.3 is 5.97 Å². The van der Waals surface area contributed by atoms with Gasteiger partial charge in [0, 0.05) is 10.5 Å². The van der Waals surface area contributed by atoms with Crippen molar-refractivity contribution in [2.45, 2.75) is 6.92 Å². The summed E-state index contributed by atoms with van der Waals surface area (Å²) >= 11 is 4.13. The van der Waals surface area contributed by atoms with Crippen LogP contribution >= 0.6 is 45.2 Å². The molecular weight excluding hydrogens is 410 g/mol. The highest BCUT2D eigenvalue weighted by atomic mass is 127. The van der Waals surface area contributed by atoms with Gasteiger partial charge in [0.25, 0.3) is 0 Å². The van der Waals surface area contributed by atoms with E-state index in [-0.39, 0.29) is 0 Å². The Kier molecular flexibility index (Phi) is 4.30. The van der Waals surface area contributed by atoms with Crippen molar-refractivity contribution < 1.29 is 14.3 Å². The Morgan fingerprint density at radius 1 is 1.43 bits per heavy atom. The fraction of sp³-hybridized carbons (Fsp3) is 0.111. The van der Waals surface area contributed by atoms with Crippen molar-refractivity contribution in [1.82, 2.24) is 0 Å². The highest BCUT2D eigenvalue weighted by molar-refractivity contribution is 14.1. The van der Waals surface area contributed by atoms with E-state index in [9.17, 15) is 9.59 Å². The third-order valence-electron chi connectivity index (χ3n) is 1.41. The topological polar surface area (TPSA) is 43.4 Å². The number of aldehydes is 1. The first-order valence-corrected chi connectivity index (χ1v) is 5.83. The van der Waals surface area contributed by atoms with Crippen LogP contribution < -0.4 is 4.74 Å². The van der Waals surface area contributed by atoms with Gasteiger partial charge in [-0.1, -0.05) is 0 Å². The molecule has 0 heterocycles. The molecule has 0 aromatic heterocycles. The van der Waals surface area contributed by atoms with Crippen LogP contribution in [0.3, 0.4) is 0 Å². The van der Waals surface area contributed by atoms with Gasteiger partial charge in [-0.05, 0) is 57.3 Å². The van der Waals surface area contributed by atoms with Crippen molar-refractivity contribution in [1.29, 1.82) is 0 Å². The quantitative estimate of drug-likeness (QED) is 0.323. The molecule has 0 aliphatic heterocycles. The molecule has 0 N–H and O–H groups in total. The number of benzene rings is 1. The molecule has 74 valence electrons. The van der Waals surface area contributed by atoms with E-state index in [2.05, 4.69) is 22.6 Å². The highest BCUT2D eigenvalue weighted by Crippen LogP contribution is 2.27. The van der Waals surface area contributed by atoms with Gasteiger partial charge in [0.05, 0.1) is 9.13 Å². The maximum atomic E-state index is 10.8. The lowest BCUT2D eigenvalue weighted by molar-refractivity contribution is -0.131. The second-order valence-corrected chi connectivity index (χ2v) is 4.93. The lowest BCUT2D eigenvalue weighted by atomic mass is 10.2. The lowest BCUT2D eigenvalue weighted by Gasteiger charge is -2.07. The fourth-order valence-electron chi connectivity index (χ4n) is 0.919. The molecule has 0 fully saturated rings. The van der Waals surface area contributed by atoms with Gasteiger partial charge in [0.15, 0.2) is 12.0 Å². The van der Waals surface area contributed by atoms with E-state index in [0.29, 0.717) is 17.6 Å². The first-order valence-electron chi connectivity index (χ1n) is 3.67. The third-order valence-corrected chi connectivity index (χ3v) is 2.83. The van der Waals surface area contributed by atoms with E-state index in [0.717, 1.165) is 7.14 Å². The predicted octanol–water partition coefficient (Wildman–Crippen LogP) is 2.63. The Balaban J connectivity index is 3.24. The Morgan fingerprint density at radius 3 is 2.57 bits per heavy atom. The molecule has 1 rings (SSSR count). The Labute approximate surface area is 108 Å². The van der Waals surface area contributed by atoms with Gasteiger partial charge in [0.1, 0.15) is 0 Å². The molecule has 0 spiro atoms. The number of halogens is 2. The molecular formula is C9H6I2O3. The standard InChI is InChI=1S/C9H6I2O3/c1-5(13)14-9-6(4-12)2-7(10)3-8(9)11/h2-4H,1H3. The van der Waals surface area contributed by atoms with E-state index in [1.807, 2.05) is 28.7 Å². The number of esters is 1. The second kappa shape index (κ2) is 5.06. The zero-order chi connectivity index (χ0) is 10.7. The number of carbonyl (C=O) groups is 2. The number of carbonyl (C=O) groups excluding carboxylic acids is 2. The molecule has 1 aromatic carbocycles. The van der Waals surface area contributed by atoms with Crippen molar-refractivity contribution in [2.24, 2.45) is 0 Å². The molecule has 0 aliphatic carbocycles. The molecule has 3 nitrogen and oxygen atoms in total. The fourth-order valence-corrected chi connectivity index (χ4v) is 2.92. The summed E-state index contributed by atoms with van der Waals surface area (Å²) in [5.74, 6) is -0.0826. The molecule has 0 unspecified atom stereocenters.